The van der Waals surface area contributed by atoms with Gasteiger partial charge in [0.15, 0.2) is 0 Å². The summed E-state index contributed by atoms with van der Waals surface area (Å²) in [6.07, 6.45) is 3.74. The highest BCUT2D eigenvalue weighted by Gasteiger charge is 2.51. The lowest BCUT2D eigenvalue weighted by Gasteiger charge is -2.32. The van der Waals surface area contributed by atoms with E-state index in [0.29, 0.717) is 9.79 Å². The molecule has 0 aromatic heterocycles. The fourth-order valence-corrected chi connectivity index (χ4v) is 3.16. The van der Waals surface area contributed by atoms with Crippen LogP contribution in [-0.4, -0.2) is 30.8 Å². The van der Waals surface area contributed by atoms with Gasteiger partial charge in [0.05, 0.1) is 11.2 Å². The Kier molecular flexibility index (Phi) is 4.50. The van der Waals surface area contributed by atoms with Gasteiger partial charge in [-0.2, -0.15) is 0 Å². The first-order chi connectivity index (χ1) is 9.21. The van der Waals surface area contributed by atoms with Crippen molar-refractivity contribution in [1.29, 1.82) is 0 Å². The number of benzene rings is 1. The van der Waals surface area contributed by atoms with Crippen LogP contribution in [0.4, 0.5) is 4.39 Å². The second kappa shape index (κ2) is 5.56. The van der Waals surface area contributed by atoms with Crippen molar-refractivity contribution in [2.45, 2.75) is 48.7 Å². The van der Waals surface area contributed by atoms with Gasteiger partial charge >= 0.3 is 7.12 Å². The molecule has 110 valence electrons. The molecule has 0 N–H and O–H groups in total. The molecule has 1 fully saturated rings. The Labute approximate surface area is 129 Å². The van der Waals surface area contributed by atoms with E-state index in [9.17, 15) is 4.39 Å². The van der Waals surface area contributed by atoms with Crippen LogP contribution in [0.25, 0.3) is 0 Å². The van der Waals surface area contributed by atoms with Crippen molar-refractivity contribution in [1.82, 2.24) is 0 Å². The first-order valence-corrected chi connectivity index (χ1v) is 8.94. The van der Waals surface area contributed by atoms with E-state index in [1.807, 2.05) is 52.3 Å². The van der Waals surface area contributed by atoms with E-state index in [1.165, 1.54) is 23.5 Å². The summed E-state index contributed by atoms with van der Waals surface area (Å²) in [5.41, 5.74) is 0.106. The number of hydrogen-bond acceptors (Lipinski definition) is 4. The smallest absolute Gasteiger partial charge is 0.399 e. The molecule has 1 aliphatic rings. The molecule has 0 amide bonds. The van der Waals surface area contributed by atoms with Gasteiger partial charge in [-0.05, 0) is 57.8 Å². The molecule has 1 saturated heterocycles. The van der Waals surface area contributed by atoms with Crippen LogP contribution in [0.1, 0.15) is 27.7 Å². The zero-order valence-electron chi connectivity index (χ0n) is 12.7. The fourth-order valence-electron chi connectivity index (χ4n) is 2.00. The summed E-state index contributed by atoms with van der Waals surface area (Å²) < 4.78 is 26.2. The van der Waals surface area contributed by atoms with Crippen molar-refractivity contribution in [3.8, 4) is 0 Å². The van der Waals surface area contributed by atoms with Gasteiger partial charge in [-0.25, -0.2) is 4.39 Å². The highest BCUT2D eigenvalue weighted by Crippen LogP contribution is 2.37. The van der Waals surface area contributed by atoms with Crippen LogP contribution in [-0.2, 0) is 9.31 Å². The van der Waals surface area contributed by atoms with Gasteiger partial charge < -0.3 is 9.31 Å². The zero-order chi connectivity index (χ0) is 15.1. The van der Waals surface area contributed by atoms with E-state index in [4.69, 9.17) is 9.31 Å². The highest BCUT2D eigenvalue weighted by molar-refractivity contribution is 7.99. The van der Waals surface area contributed by atoms with E-state index in [1.54, 1.807) is 0 Å². The third kappa shape index (κ3) is 2.75. The fraction of sp³-hybridized carbons (Fsp3) is 0.571. The molecule has 1 aromatic carbocycles. The molecular formula is C14H20BFO2S2. The second-order valence-electron chi connectivity index (χ2n) is 5.83. The van der Waals surface area contributed by atoms with Crippen LogP contribution < -0.4 is 5.46 Å². The minimum atomic E-state index is -0.447. The van der Waals surface area contributed by atoms with Crippen molar-refractivity contribution in [3.05, 3.63) is 17.9 Å². The van der Waals surface area contributed by atoms with Crippen molar-refractivity contribution in [3.63, 3.8) is 0 Å². The molecule has 0 radical (unpaired) electrons. The molecule has 0 atom stereocenters. The molecule has 0 aliphatic carbocycles. The lowest BCUT2D eigenvalue weighted by Crippen LogP contribution is -2.41. The first kappa shape index (κ1) is 16.2. The maximum absolute atomic E-state index is 14.1. The molecule has 0 saturated carbocycles. The van der Waals surface area contributed by atoms with Crippen LogP contribution in [0.15, 0.2) is 21.9 Å². The van der Waals surface area contributed by atoms with E-state index >= 15 is 0 Å². The lowest BCUT2D eigenvalue weighted by molar-refractivity contribution is 0.00578. The average molecular weight is 314 g/mol. The van der Waals surface area contributed by atoms with E-state index in [-0.39, 0.29) is 17.0 Å². The number of hydrogen-bond donors (Lipinski definition) is 0. The monoisotopic (exact) mass is 314 g/mol. The molecule has 2 rings (SSSR count). The van der Waals surface area contributed by atoms with E-state index < -0.39 is 7.12 Å². The minimum absolute atomic E-state index is 0.162. The van der Waals surface area contributed by atoms with Crippen LogP contribution in [0.3, 0.4) is 0 Å². The van der Waals surface area contributed by atoms with Gasteiger partial charge in [0, 0.05) is 9.79 Å². The topological polar surface area (TPSA) is 18.5 Å². The summed E-state index contributed by atoms with van der Waals surface area (Å²) in [4.78, 5) is 1.25. The molecular weight excluding hydrogens is 294 g/mol. The summed E-state index contributed by atoms with van der Waals surface area (Å²) in [5.74, 6) is -0.162. The average Bonchev–Trinajstić information content (AvgIpc) is 2.58. The van der Waals surface area contributed by atoms with Crippen LogP contribution in [0.5, 0.6) is 0 Å². The zero-order valence-corrected chi connectivity index (χ0v) is 14.4. The summed E-state index contributed by atoms with van der Waals surface area (Å²) >= 11 is 2.80. The summed E-state index contributed by atoms with van der Waals surface area (Å²) in [7, 11) is -0.447. The van der Waals surface area contributed by atoms with E-state index in [0.717, 1.165) is 5.46 Å². The largest absolute Gasteiger partial charge is 0.494 e. The van der Waals surface area contributed by atoms with Crippen molar-refractivity contribution in [2.24, 2.45) is 0 Å². The molecule has 6 heteroatoms. The molecule has 0 spiro atoms. The Bertz CT molecular complexity index is 479. The first-order valence-electron chi connectivity index (χ1n) is 6.49. The SMILES string of the molecule is CSc1cc(B2OC(C)(C)C(C)(C)O2)cc(SC)c1F. The van der Waals surface area contributed by atoms with Crippen molar-refractivity contribution in [2.75, 3.05) is 12.5 Å². The van der Waals surface area contributed by atoms with Crippen LogP contribution >= 0.6 is 23.5 Å². The maximum atomic E-state index is 14.1. The number of halogens is 1. The molecule has 0 unspecified atom stereocenters. The Morgan fingerprint density at radius 2 is 1.35 bits per heavy atom. The molecule has 1 aliphatic heterocycles. The van der Waals surface area contributed by atoms with E-state index in [2.05, 4.69) is 0 Å². The van der Waals surface area contributed by atoms with Crippen molar-refractivity contribution < 1.29 is 13.7 Å². The lowest BCUT2D eigenvalue weighted by atomic mass is 9.79. The van der Waals surface area contributed by atoms with Gasteiger partial charge in [0.1, 0.15) is 5.82 Å². The number of thioether (sulfide) groups is 2. The minimum Gasteiger partial charge on any atom is -0.399 e. The summed E-state index contributed by atoms with van der Waals surface area (Å²) in [6, 6.07) is 3.64. The predicted molar refractivity (Wildman–Crippen MR) is 85.7 cm³/mol. The second-order valence-corrected chi connectivity index (χ2v) is 7.52. The molecule has 20 heavy (non-hydrogen) atoms. The third-order valence-corrected chi connectivity index (χ3v) is 5.47. The highest BCUT2D eigenvalue weighted by atomic mass is 32.2. The van der Waals surface area contributed by atoms with Gasteiger partial charge in [-0.15, -0.1) is 23.5 Å². The molecule has 1 aromatic rings. The molecule has 0 bridgehead atoms. The van der Waals surface area contributed by atoms with Gasteiger partial charge in [-0.1, -0.05) is 0 Å². The van der Waals surface area contributed by atoms with Crippen molar-refractivity contribution >= 4 is 36.1 Å². The van der Waals surface area contributed by atoms with Crippen LogP contribution in [0, 0.1) is 5.82 Å². The number of rotatable bonds is 3. The van der Waals surface area contributed by atoms with Gasteiger partial charge in [-0.3, -0.25) is 0 Å². The maximum Gasteiger partial charge on any atom is 0.494 e. The summed E-state index contributed by atoms with van der Waals surface area (Å²) in [5, 5.41) is 0. The summed E-state index contributed by atoms with van der Waals surface area (Å²) in [6.45, 7) is 8.06. The third-order valence-electron chi connectivity index (χ3n) is 3.99. The Morgan fingerprint density at radius 3 is 1.70 bits per heavy atom. The Morgan fingerprint density at radius 1 is 0.950 bits per heavy atom. The Balaban J connectivity index is 2.40. The van der Waals surface area contributed by atoms with Gasteiger partial charge in [0.25, 0.3) is 0 Å². The molecule has 2 nitrogen and oxygen atoms in total. The molecule has 1 heterocycles. The predicted octanol–water partition coefficient (Wildman–Crippen LogP) is 3.57. The van der Waals surface area contributed by atoms with Crippen LogP contribution in [0.2, 0.25) is 0 Å². The standard InChI is InChI=1S/C14H20BFO2S2/c1-13(2)14(3,4)18-15(17-13)9-7-10(19-5)12(16)11(8-9)20-6/h7-8H,1-6H3. The Hall–Kier alpha value is -0.165. The normalized spacial score (nSPS) is 20.4. The quantitative estimate of drug-likeness (QED) is 0.627. The van der Waals surface area contributed by atoms with Gasteiger partial charge in [0.2, 0.25) is 0 Å².